The quantitative estimate of drug-likeness (QED) is 0.760. The van der Waals surface area contributed by atoms with Crippen molar-refractivity contribution < 1.29 is 19.4 Å². The summed E-state index contributed by atoms with van der Waals surface area (Å²) >= 11 is 0. The second kappa shape index (κ2) is 7.34. The van der Waals surface area contributed by atoms with Crippen molar-refractivity contribution >= 4 is 5.78 Å². The highest BCUT2D eigenvalue weighted by Crippen LogP contribution is 2.60. The molecule has 1 heterocycles. The molecule has 1 N–H and O–H groups in total. The maximum absolute atomic E-state index is 12.6. The molecule has 0 unspecified atom stereocenters. The zero-order valence-electron chi connectivity index (χ0n) is 17.4. The number of aliphatic hydroxyl groups is 1. The first-order valence-corrected chi connectivity index (χ1v) is 10.7. The van der Waals surface area contributed by atoms with E-state index in [-0.39, 0.29) is 11.8 Å². The molecule has 1 saturated heterocycles. The molecule has 0 amide bonds. The minimum atomic E-state index is -0.891. The molecule has 1 aromatic carbocycles. The number of ether oxygens (including phenoxy) is 2. The van der Waals surface area contributed by atoms with Crippen LogP contribution in [-0.4, -0.2) is 54.7 Å². The molecule has 0 spiro atoms. The average Bonchev–Trinajstić information content (AvgIpc) is 2.69. The van der Waals surface area contributed by atoms with Gasteiger partial charge in [-0.2, -0.15) is 0 Å². The summed E-state index contributed by atoms with van der Waals surface area (Å²) in [6, 6.07) is 4.14. The molecule has 2 fully saturated rings. The fourth-order valence-electron chi connectivity index (χ4n) is 6.16. The largest absolute Gasteiger partial charge is 0.493 e. The molecule has 4 rings (SSSR count). The lowest BCUT2D eigenvalue weighted by atomic mass is 9.49. The number of ketones is 1. The Bertz CT molecular complexity index is 763. The normalized spacial score (nSPS) is 31.9. The van der Waals surface area contributed by atoms with Crippen molar-refractivity contribution in [3.05, 3.63) is 23.3 Å². The van der Waals surface area contributed by atoms with Crippen LogP contribution in [0.3, 0.4) is 0 Å². The third-order valence-corrected chi connectivity index (χ3v) is 7.50. The molecular weight excluding hydrogens is 354 g/mol. The molecule has 1 saturated carbocycles. The first-order chi connectivity index (χ1) is 13.5. The van der Waals surface area contributed by atoms with Crippen molar-refractivity contribution in [1.82, 2.24) is 4.90 Å². The zero-order valence-corrected chi connectivity index (χ0v) is 17.4. The van der Waals surface area contributed by atoms with Crippen LogP contribution in [0, 0.1) is 0 Å². The fourth-order valence-corrected chi connectivity index (χ4v) is 6.16. The summed E-state index contributed by atoms with van der Waals surface area (Å²) in [5, 5.41) is 12.1. The number of Topliss-reactive ketones (excluding diaryl/α,β-unsaturated/α-hetero) is 1. The van der Waals surface area contributed by atoms with Gasteiger partial charge in [0.05, 0.1) is 19.8 Å². The molecule has 1 aliphatic heterocycles. The summed E-state index contributed by atoms with van der Waals surface area (Å²) in [6.45, 7) is 4.16. The van der Waals surface area contributed by atoms with Crippen molar-refractivity contribution in [3.8, 4) is 11.5 Å². The number of benzene rings is 1. The Labute approximate surface area is 168 Å². The number of nitrogens with zero attached hydrogens (tertiary/aromatic N) is 1. The van der Waals surface area contributed by atoms with Gasteiger partial charge in [-0.15, -0.1) is 0 Å². The van der Waals surface area contributed by atoms with E-state index in [4.69, 9.17) is 9.47 Å². The van der Waals surface area contributed by atoms with Crippen molar-refractivity contribution in [2.45, 2.75) is 75.3 Å². The van der Waals surface area contributed by atoms with E-state index in [9.17, 15) is 9.90 Å². The van der Waals surface area contributed by atoms with Gasteiger partial charge in [-0.1, -0.05) is 25.8 Å². The molecule has 2 aliphatic carbocycles. The lowest BCUT2D eigenvalue weighted by molar-refractivity contribution is -0.172. The Hall–Kier alpha value is -1.59. The van der Waals surface area contributed by atoms with E-state index < -0.39 is 11.0 Å². The van der Waals surface area contributed by atoms with Crippen LogP contribution in [0.5, 0.6) is 11.5 Å². The van der Waals surface area contributed by atoms with Crippen molar-refractivity contribution in [3.63, 3.8) is 0 Å². The van der Waals surface area contributed by atoms with Crippen LogP contribution >= 0.6 is 0 Å². The molecule has 28 heavy (non-hydrogen) atoms. The van der Waals surface area contributed by atoms with E-state index in [1.807, 2.05) is 6.07 Å². The van der Waals surface area contributed by atoms with Gasteiger partial charge in [0, 0.05) is 29.9 Å². The summed E-state index contributed by atoms with van der Waals surface area (Å²) in [7, 11) is 3.30. The number of likely N-dealkylation sites (tertiary alicyclic amines) is 1. The van der Waals surface area contributed by atoms with Crippen LogP contribution in [0.25, 0.3) is 0 Å². The summed E-state index contributed by atoms with van der Waals surface area (Å²) in [5.41, 5.74) is 0.760. The number of methoxy groups -OCH3 is 2. The van der Waals surface area contributed by atoms with Crippen LogP contribution in [-0.2, 0) is 16.6 Å². The number of rotatable bonds is 6. The molecule has 0 aromatic heterocycles. The predicted octanol–water partition coefficient (Wildman–Crippen LogP) is 3.25. The van der Waals surface area contributed by atoms with Crippen molar-refractivity contribution in [2.24, 2.45) is 0 Å². The Kier molecular flexibility index (Phi) is 5.17. The topological polar surface area (TPSA) is 59.0 Å². The predicted molar refractivity (Wildman–Crippen MR) is 108 cm³/mol. The van der Waals surface area contributed by atoms with Gasteiger partial charge < -0.3 is 14.6 Å². The first-order valence-electron chi connectivity index (χ1n) is 10.7. The minimum absolute atomic E-state index is 0.0665. The highest BCUT2D eigenvalue weighted by molar-refractivity contribution is 5.83. The number of hydrogen-bond donors (Lipinski definition) is 1. The van der Waals surface area contributed by atoms with Crippen LogP contribution < -0.4 is 9.47 Å². The van der Waals surface area contributed by atoms with Gasteiger partial charge in [0.1, 0.15) is 5.78 Å². The Balaban J connectivity index is 1.84. The van der Waals surface area contributed by atoms with E-state index in [1.54, 1.807) is 14.2 Å². The second-order valence-electron chi connectivity index (χ2n) is 8.77. The zero-order chi connectivity index (χ0) is 19.9. The van der Waals surface area contributed by atoms with Crippen molar-refractivity contribution in [1.29, 1.82) is 0 Å². The van der Waals surface area contributed by atoms with Crippen LogP contribution in [0.2, 0.25) is 0 Å². The number of fused-ring (bicyclic) bond motifs is 1. The monoisotopic (exact) mass is 387 g/mol. The maximum atomic E-state index is 12.6. The van der Waals surface area contributed by atoms with Gasteiger partial charge in [0.25, 0.3) is 0 Å². The Morgan fingerprint density at radius 2 is 2.04 bits per heavy atom. The molecule has 2 bridgehead atoms. The molecule has 3 atom stereocenters. The third kappa shape index (κ3) is 2.70. The number of carbonyl (C=O) groups is 1. The first kappa shape index (κ1) is 19.7. The Morgan fingerprint density at radius 1 is 1.21 bits per heavy atom. The Morgan fingerprint density at radius 3 is 2.75 bits per heavy atom. The summed E-state index contributed by atoms with van der Waals surface area (Å²) < 4.78 is 11.4. The highest BCUT2D eigenvalue weighted by Gasteiger charge is 2.65. The number of unbranched alkanes of at least 4 members (excludes halogenated alkanes) is 2. The van der Waals surface area contributed by atoms with Gasteiger partial charge in [0.2, 0.25) is 0 Å². The highest BCUT2D eigenvalue weighted by atomic mass is 16.5. The smallest absolute Gasteiger partial charge is 0.164 e. The van der Waals surface area contributed by atoms with Gasteiger partial charge in [-0.05, 0) is 50.4 Å². The van der Waals surface area contributed by atoms with Crippen LogP contribution in [0.1, 0.15) is 63.0 Å². The van der Waals surface area contributed by atoms with Gasteiger partial charge >= 0.3 is 0 Å². The van der Waals surface area contributed by atoms with E-state index >= 15 is 0 Å². The van der Waals surface area contributed by atoms with E-state index in [0.29, 0.717) is 30.8 Å². The summed E-state index contributed by atoms with van der Waals surface area (Å²) in [6.07, 6.45) is 6.57. The molecule has 154 valence electrons. The van der Waals surface area contributed by atoms with E-state index in [0.717, 1.165) is 37.9 Å². The molecule has 3 aliphatic rings. The van der Waals surface area contributed by atoms with Crippen LogP contribution in [0.15, 0.2) is 12.1 Å². The number of piperidine rings is 1. The maximum Gasteiger partial charge on any atom is 0.164 e. The van der Waals surface area contributed by atoms with E-state index in [1.165, 1.54) is 18.4 Å². The van der Waals surface area contributed by atoms with Gasteiger partial charge in [0.15, 0.2) is 11.5 Å². The van der Waals surface area contributed by atoms with Crippen molar-refractivity contribution in [2.75, 3.05) is 27.3 Å². The lowest BCUT2D eigenvalue weighted by Gasteiger charge is -2.63. The number of carbonyl (C=O) groups excluding carboxylic acids is 1. The SMILES string of the molecule is CCCCCN1CC[C@]23CC(=O)CC[C@@]2(O)[C@H]1Cc1ccc(OC)c(OC)c13. The van der Waals surface area contributed by atoms with Gasteiger partial charge in [-0.3, -0.25) is 9.69 Å². The third-order valence-electron chi connectivity index (χ3n) is 7.50. The minimum Gasteiger partial charge on any atom is -0.493 e. The summed E-state index contributed by atoms with van der Waals surface area (Å²) in [5.74, 6) is 1.63. The summed E-state index contributed by atoms with van der Waals surface area (Å²) in [4.78, 5) is 15.1. The molecule has 1 aromatic rings. The van der Waals surface area contributed by atoms with Gasteiger partial charge in [-0.25, -0.2) is 0 Å². The molecule has 5 heteroatoms. The average molecular weight is 388 g/mol. The standard InChI is InChI=1S/C23H33NO4/c1-4-5-6-12-24-13-11-22-15-17(25)9-10-23(22,26)19(24)14-16-7-8-18(27-2)21(28-3)20(16)22/h7-8,19,26H,4-6,9-15H2,1-3H3/t19-,22-,23-/m1/s1. The lowest BCUT2D eigenvalue weighted by Crippen LogP contribution is -2.73. The molecular formula is C23H33NO4. The van der Waals surface area contributed by atoms with E-state index in [2.05, 4.69) is 17.9 Å². The fraction of sp³-hybridized carbons (Fsp3) is 0.696. The second-order valence-corrected chi connectivity index (χ2v) is 8.77. The van der Waals surface area contributed by atoms with Crippen LogP contribution in [0.4, 0.5) is 0 Å². The molecule has 5 nitrogen and oxygen atoms in total. The number of hydrogen-bond acceptors (Lipinski definition) is 5. The molecule has 0 radical (unpaired) electrons.